The van der Waals surface area contributed by atoms with Crippen LogP contribution >= 0.6 is 15.9 Å². The van der Waals surface area contributed by atoms with Gasteiger partial charge in [0.25, 0.3) is 0 Å². The van der Waals surface area contributed by atoms with E-state index in [0.29, 0.717) is 11.4 Å². The fourth-order valence-corrected chi connectivity index (χ4v) is 1.99. The molecule has 0 amide bonds. The molecule has 1 aromatic carbocycles. The zero-order chi connectivity index (χ0) is 11.5. The quantitative estimate of drug-likeness (QED) is 0.865. The number of hydrogen-bond acceptors (Lipinski definition) is 3. The van der Waals surface area contributed by atoms with Crippen molar-refractivity contribution in [2.75, 3.05) is 16.5 Å². The molecule has 0 fully saturated rings. The molecule has 0 atom stereocenters. The lowest BCUT2D eigenvalue weighted by molar-refractivity contribution is 0.417. The van der Waals surface area contributed by atoms with Crippen molar-refractivity contribution in [1.29, 1.82) is 0 Å². The van der Waals surface area contributed by atoms with E-state index in [9.17, 15) is 8.42 Å². The second-order valence-corrected chi connectivity index (χ2v) is 6.06. The maximum atomic E-state index is 11.3. The molecule has 0 spiro atoms. The van der Waals surface area contributed by atoms with Crippen molar-refractivity contribution in [1.82, 2.24) is 0 Å². The van der Waals surface area contributed by atoms with Gasteiger partial charge in [-0.1, -0.05) is 22.0 Å². The molecule has 1 N–H and O–H groups in total. The van der Waals surface area contributed by atoms with Crippen LogP contribution in [0.25, 0.3) is 0 Å². The summed E-state index contributed by atoms with van der Waals surface area (Å²) in [5.74, 6) is 0.505. The van der Waals surface area contributed by atoms with Gasteiger partial charge in [0, 0.05) is 0 Å². The number of sulfonamides is 1. The lowest BCUT2D eigenvalue weighted by Gasteiger charge is -2.10. The molecule has 0 radical (unpaired) electrons. The van der Waals surface area contributed by atoms with Gasteiger partial charge in [0.15, 0.2) is 0 Å². The summed E-state index contributed by atoms with van der Waals surface area (Å²) in [5.41, 5.74) is 1.42. The Morgan fingerprint density at radius 3 is 2.67 bits per heavy atom. The van der Waals surface area contributed by atoms with E-state index in [0.717, 1.165) is 5.56 Å². The average molecular weight is 294 g/mol. The van der Waals surface area contributed by atoms with Gasteiger partial charge in [0.05, 0.1) is 12.8 Å². The van der Waals surface area contributed by atoms with E-state index in [4.69, 9.17) is 4.74 Å². The van der Waals surface area contributed by atoms with E-state index in [1.54, 1.807) is 12.1 Å². The summed E-state index contributed by atoms with van der Waals surface area (Å²) >= 11 is 2.90. The van der Waals surface area contributed by atoms with Gasteiger partial charge in [-0.3, -0.25) is 4.72 Å². The Balaban J connectivity index is 3.08. The number of methoxy groups -OCH3 is 1. The topological polar surface area (TPSA) is 55.4 Å². The standard InChI is InChI=1S/C9H12BrNO3S/c1-7-3-4-9(14-2)8(5-7)11-15(12,13)6-10/h3-5,11H,6H2,1-2H3. The molecule has 0 aromatic heterocycles. The van der Waals surface area contributed by atoms with Crippen LogP contribution in [0.2, 0.25) is 0 Å². The van der Waals surface area contributed by atoms with Gasteiger partial charge in [0.2, 0.25) is 10.0 Å². The fraction of sp³-hybridized carbons (Fsp3) is 0.333. The van der Waals surface area contributed by atoms with Crippen molar-refractivity contribution in [3.05, 3.63) is 23.8 Å². The molecule has 0 heterocycles. The summed E-state index contributed by atoms with van der Waals surface area (Å²) in [6, 6.07) is 5.30. The van der Waals surface area contributed by atoms with Crippen molar-refractivity contribution >= 4 is 31.6 Å². The van der Waals surface area contributed by atoms with E-state index < -0.39 is 10.0 Å². The van der Waals surface area contributed by atoms with Crippen LogP contribution in [0.5, 0.6) is 5.75 Å². The molecule has 4 nitrogen and oxygen atoms in total. The molecule has 84 valence electrons. The summed E-state index contributed by atoms with van der Waals surface area (Å²) in [6.07, 6.45) is 0. The van der Waals surface area contributed by atoms with E-state index >= 15 is 0 Å². The Morgan fingerprint density at radius 2 is 2.13 bits per heavy atom. The smallest absolute Gasteiger partial charge is 0.242 e. The highest BCUT2D eigenvalue weighted by Crippen LogP contribution is 2.26. The second-order valence-electron chi connectivity index (χ2n) is 3.03. The third kappa shape index (κ3) is 3.39. The maximum Gasteiger partial charge on any atom is 0.242 e. The summed E-state index contributed by atoms with van der Waals surface area (Å²) < 4.78 is 30.0. The van der Waals surface area contributed by atoms with Crippen molar-refractivity contribution in [3.8, 4) is 5.75 Å². The van der Waals surface area contributed by atoms with E-state index in [2.05, 4.69) is 20.7 Å². The number of nitrogens with one attached hydrogen (secondary N) is 1. The number of halogens is 1. The number of benzene rings is 1. The molecule has 0 bridgehead atoms. The third-order valence-electron chi connectivity index (χ3n) is 1.76. The number of anilines is 1. The number of ether oxygens (including phenoxy) is 1. The molecule has 0 aliphatic heterocycles. The third-order valence-corrected chi connectivity index (χ3v) is 4.39. The van der Waals surface area contributed by atoms with Crippen LogP contribution in [0.4, 0.5) is 5.69 Å². The predicted octanol–water partition coefficient (Wildman–Crippen LogP) is 2.10. The lowest BCUT2D eigenvalue weighted by atomic mass is 10.2. The minimum absolute atomic E-state index is 0.142. The molecule has 0 aliphatic carbocycles. The molecular weight excluding hydrogens is 282 g/mol. The van der Waals surface area contributed by atoms with Crippen LogP contribution in [-0.4, -0.2) is 20.2 Å². The Morgan fingerprint density at radius 1 is 1.47 bits per heavy atom. The Kier molecular flexibility index (Phi) is 3.98. The molecule has 0 saturated carbocycles. The highest BCUT2D eigenvalue weighted by atomic mass is 79.9. The SMILES string of the molecule is COc1ccc(C)cc1NS(=O)(=O)CBr. The number of rotatable bonds is 4. The van der Waals surface area contributed by atoms with Gasteiger partial charge < -0.3 is 4.74 Å². The average Bonchev–Trinajstić information content (AvgIpc) is 2.18. The fourth-order valence-electron chi connectivity index (χ4n) is 1.10. The van der Waals surface area contributed by atoms with Crippen LogP contribution in [-0.2, 0) is 10.0 Å². The van der Waals surface area contributed by atoms with Gasteiger partial charge in [-0.15, -0.1) is 0 Å². The van der Waals surface area contributed by atoms with Crippen molar-refractivity contribution in [2.45, 2.75) is 6.92 Å². The van der Waals surface area contributed by atoms with Gasteiger partial charge >= 0.3 is 0 Å². The lowest BCUT2D eigenvalue weighted by Crippen LogP contribution is -2.13. The first-order chi connectivity index (χ1) is 6.98. The monoisotopic (exact) mass is 293 g/mol. The summed E-state index contributed by atoms with van der Waals surface area (Å²) in [6.45, 7) is 1.88. The minimum atomic E-state index is -3.34. The second kappa shape index (κ2) is 4.85. The Hall–Kier alpha value is -0.750. The van der Waals surface area contributed by atoms with E-state index in [-0.39, 0.29) is 4.66 Å². The Labute approximate surface area is 97.8 Å². The van der Waals surface area contributed by atoms with Gasteiger partial charge in [-0.2, -0.15) is 0 Å². The molecule has 6 heteroatoms. The first kappa shape index (κ1) is 12.3. The molecule has 0 unspecified atom stereocenters. The summed E-state index contributed by atoms with van der Waals surface area (Å²) in [5, 5.41) is 0. The van der Waals surface area contributed by atoms with Gasteiger partial charge in [0.1, 0.15) is 10.4 Å². The minimum Gasteiger partial charge on any atom is -0.495 e. The Bertz CT molecular complexity index is 445. The zero-order valence-corrected chi connectivity index (χ0v) is 10.9. The first-order valence-corrected chi connectivity index (χ1v) is 6.97. The molecule has 15 heavy (non-hydrogen) atoms. The largest absolute Gasteiger partial charge is 0.495 e. The van der Waals surface area contributed by atoms with Crippen molar-refractivity contribution < 1.29 is 13.2 Å². The normalized spacial score (nSPS) is 11.1. The van der Waals surface area contributed by atoms with E-state index in [1.165, 1.54) is 7.11 Å². The molecule has 1 rings (SSSR count). The summed E-state index contributed by atoms with van der Waals surface area (Å²) in [7, 11) is -1.84. The van der Waals surface area contributed by atoms with Crippen LogP contribution in [0.3, 0.4) is 0 Å². The van der Waals surface area contributed by atoms with Crippen LogP contribution in [0.1, 0.15) is 5.56 Å². The first-order valence-electron chi connectivity index (χ1n) is 4.19. The highest BCUT2D eigenvalue weighted by Gasteiger charge is 2.11. The number of aryl methyl sites for hydroxylation is 1. The van der Waals surface area contributed by atoms with Crippen molar-refractivity contribution in [3.63, 3.8) is 0 Å². The molecule has 1 aromatic rings. The van der Waals surface area contributed by atoms with Gasteiger partial charge in [-0.25, -0.2) is 8.42 Å². The summed E-state index contributed by atoms with van der Waals surface area (Å²) in [4.78, 5) is 0. The van der Waals surface area contributed by atoms with Gasteiger partial charge in [-0.05, 0) is 24.6 Å². The van der Waals surface area contributed by atoms with Crippen LogP contribution in [0, 0.1) is 6.92 Å². The zero-order valence-electron chi connectivity index (χ0n) is 8.45. The predicted molar refractivity (Wildman–Crippen MR) is 64.1 cm³/mol. The maximum absolute atomic E-state index is 11.3. The van der Waals surface area contributed by atoms with Crippen LogP contribution in [0.15, 0.2) is 18.2 Å². The van der Waals surface area contributed by atoms with E-state index in [1.807, 2.05) is 13.0 Å². The van der Waals surface area contributed by atoms with Crippen LogP contribution < -0.4 is 9.46 Å². The van der Waals surface area contributed by atoms with Crippen molar-refractivity contribution in [2.24, 2.45) is 0 Å². The molecule has 0 saturated heterocycles. The number of alkyl halides is 1. The molecule has 0 aliphatic rings. The molecular formula is C9H12BrNO3S. The number of hydrogen-bond donors (Lipinski definition) is 1. The highest BCUT2D eigenvalue weighted by molar-refractivity contribution is 9.10.